The van der Waals surface area contributed by atoms with E-state index in [-0.39, 0.29) is 11.0 Å². The van der Waals surface area contributed by atoms with E-state index in [1.165, 1.54) is 0 Å². The van der Waals surface area contributed by atoms with Gasteiger partial charge in [-0.25, -0.2) is 0 Å². The van der Waals surface area contributed by atoms with Gasteiger partial charge in [-0.1, -0.05) is 26.7 Å². The molecule has 0 aliphatic carbocycles. The Hall–Kier alpha value is -0.700. The molecule has 1 rings (SSSR count). The molecule has 0 saturated carbocycles. The van der Waals surface area contributed by atoms with Crippen molar-refractivity contribution >= 4 is 12.6 Å². The van der Waals surface area contributed by atoms with E-state index in [9.17, 15) is 4.79 Å². The molecule has 0 fully saturated rings. The molecule has 102 valence electrons. The summed E-state index contributed by atoms with van der Waals surface area (Å²) in [5.41, 5.74) is 1.29. The number of hydrogen-bond donors (Lipinski definition) is 1. The van der Waals surface area contributed by atoms with E-state index >= 15 is 0 Å². The third-order valence-corrected chi connectivity index (χ3v) is 4.22. The highest BCUT2D eigenvalue weighted by Gasteiger charge is 2.27. The first-order valence-electron chi connectivity index (χ1n) is 6.85. The normalized spacial score (nSPS) is 11.8. The molecular formula is C15H25NOS. The molecule has 18 heavy (non-hydrogen) atoms. The van der Waals surface area contributed by atoms with Crippen LogP contribution in [0.15, 0.2) is 23.1 Å². The number of pyridine rings is 1. The SMILES string of the molecule is CCCC(CS)(CCC)Cn1ccc(C)cc1=O. The third kappa shape index (κ3) is 3.91. The van der Waals surface area contributed by atoms with E-state index < -0.39 is 0 Å². The van der Waals surface area contributed by atoms with Crippen LogP contribution in [0.3, 0.4) is 0 Å². The lowest BCUT2D eigenvalue weighted by Crippen LogP contribution is -2.33. The molecule has 2 nitrogen and oxygen atoms in total. The number of aryl methyl sites for hydroxylation is 1. The van der Waals surface area contributed by atoms with Crippen LogP contribution in [0.4, 0.5) is 0 Å². The lowest BCUT2D eigenvalue weighted by molar-refractivity contribution is 0.229. The monoisotopic (exact) mass is 267 g/mol. The summed E-state index contributed by atoms with van der Waals surface area (Å²) in [6.45, 7) is 7.14. The zero-order chi connectivity index (χ0) is 13.6. The molecule has 0 unspecified atom stereocenters. The Morgan fingerprint density at radius 3 is 2.33 bits per heavy atom. The van der Waals surface area contributed by atoms with Crippen LogP contribution < -0.4 is 5.56 Å². The lowest BCUT2D eigenvalue weighted by Gasteiger charge is -2.32. The molecule has 0 radical (unpaired) electrons. The van der Waals surface area contributed by atoms with Crippen LogP contribution in [0.2, 0.25) is 0 Å². The maximum absolute atomic E-state index is 12.0. The summed E-state index contributed by atoms with van der Waals surface area (Å²) in [6, 6.07) is 3.71. The molecule has 0 amide bonds. The van der Waals surface area contributed by atoms with Gasteiger partial charge in [0, 0.05) is 18.8 Å². The van der Waals surface area contributed by atoms with Crippen LogP contribution in [-0.4, -0.2) is 10.3 Å². The molecular weight excluding hydrogens is 242 g/mol. The van der Waals surface area contributed by atoms with E-state index in [1.54, 1.807) is 6.07 Å². The van der Waals surface area contributed by atoms with E-state index in [1.807, 2.05) is 23.8 Å². The minimum atomic E-state index is 0.105. The summed E-state index contributed by atoms with van der Waals surface area (Å²) in [5.74, 6) is 0.842. The molecule has 0 spiro atoms. The number of aromatic nitrogens is 1. The van der Waals surface area contributed by atoms with Crippen LogP contribution in [0.5, 0.6) is 0 Å². The Labute approximate surface area is 116 Å². The molecule has 0 bridgehead atoms. The van der Waals surface area contributed by atoms with Crippen molar-refractivity contribution in [2.45, 2.75) is 53.0 Å². The lowest BCUT2D eigenvalue weighted by atomic mass is 9.81. The Morgan fingerprint density at radius 2 is 1.89 bits per heavy atom. The molecule has 0 aliphatic rings. The summed E-state index contributed by atoms with van der Waals surface area (Å²) in [4.78, 5) is 12.0. The largest absolute Gasteiger partial charge is 0.315 e. The molecule has 0 aromatic carbocycles. The van der Waals surface area contributed by atoms with Crippen molar-refractivity contribution in [3.8, 4) is 0 Å². The van der Waals surface area contributed by atoms with Crippen molar-refractivity contribution in [1.29, 1.82) is 0 Å². The molecule has 0 atom stereocenters. The van der Waals surface area contributed by atoms with Crippen LogP contribution in [0.1, 0.15) is 45.1 Å². The second kappa shape index (κ2) is 7.03. The first-order valence-corrected chi connectivity index (χ1v) is 7.48. The molecule has 1 aromatic rings. The molecule has 1 aromatic heterocycles. The van der Waals surface area contributed by atoms with Crippen LogP contribution in [0.25, 0.3) is 0 Å². The minimum absolute atomic E-state index is 0.105. The van der Waals surface area contributed by atoms with E-state index in [4.69, 9.17) is 0 Å². The highest BCUT2D eigenvalue weighted by molar-refractivity contribution is 7.80. The van der Waals surface area contributed by atoms with Crippen molar-refractivity contribution in [3.63, 3.8) is 0 Å². The van der Waals surface area contributed by atoms with Crippen molar-refractivity contribution in [3.05, 3.63) is 34.2 Å². The van der Waals surface area contributed by atoms with E-state index in [2.05, 4.69) is 26.5 Å². The van der Waals surface area contributed by atoms with Crippen molar-refractivity contribution in [2.75, 3.05) is 5.75 Å². The predicted molar refractivity (Wildman–Crippen MR) is 81.5 cm³/mol. The highest BCUT2D eigenvalue weighted by Crippen LogP contribution is 2.32. The highest BCUT2D eigenvalue weighted by atomic mass is 32.1. The average molecular weight is 267 g/mol. The second-order valence-corrected chi connectivity index (χ2v) is 5.64. The molecule has 3 heteroatoms. The van der Waals surface area contributed by atoms with E-state index in [0.717, 1.165) is 43.5 Å². The quantitative estimate of drug-likeness (QED) is 0.748. The number of hydrogen-bond acceptors (Lipinski definition) is 2. The van der Waals surface area contributed by atoms with Crippen LogP contribution in [-0.2, 0) is 6.54 Å². The Morgan fingerprint density at radius 1 is 1.28 bits per heavy atom. The maximum atomic E-state index is 12.0. The van der Waals surface area contributed by atoms with Gasteiger partial charge in [0.05, 0.1) is 0 Å². The van der Waals surface area contributed by atoms with Gasteiger partial charge in [-0.05, 0) is 42.6 Å². The summed E-state index contributed by atoms with van der Waals surface area (Å²) in [7, 11) is 0. The maximum Gasteiger partial charge on any atom is 0.250 e. The van der Waals surface area contributed by atoms with Gasteiger partial charge in [0.25, 0.3) is 5.56 Å². The van der Waals surface area contributed by atoms with E-state index in [0.29, 0.717) is 0 Å². The first-order chi connectivity index (χ1) is 8.56. The van der Waals surface area contributed by atoms with Gasteiger partial charge in [0.15, 0.2) is 0 Å². The third-order valence-electron chi connectivity index (χ3n) is 3.55. The van der Waals surface area contributed by atoms with Crippen LogP contribution in [0, 0.1) is 12.3 Å². The first kappa shape index (κ1) is 15.4. The van der Waals surface area contributed by atoms with Crippen molar-refractivity contribution < 1.29 is 0 Å². The Bertz CT molecular complexity index is 419. The molecule has 0 aliphatic heterocycles. The van der Waals surface area contributed by atoms with Gasteiger partial charge in [0.1, 0.15) is 0 Å². The van der Waals surface area contributed by atoms with Gasteiger partial charge in [-0.3, -0.25) is 4.79 Å². The standard InChI is InChI=1S/C15H25NOS/c1-4-7-15(12-18,8-5-2)11-16-9-6-13(3)10-14(16)17/h6,9-10,18H,4-5,7-8,11-12H2,1-3H3. The van der Waals surface area contributed by atoms with Crippen LogP contribution >= 0.6 is 12.6 Å². The average Bonchev–Trinajstić information content (AvgIpc) is 2.33. The smallest absolute Gasteiger partial charge is 0.250 e. The summed E-state index contributed by atoms with van der Waals surface area (Å²) >= 11 is 4.54. The molecule has 1 heterocycles. The fraction of sp³-hybridized carbons (Fsp3) is 0.667. The Balaban J connectivity index is 2.98. The summed E-state index contributed by atoms with van der Waals surface area (Å²) < 4.78 is 1.84. The molecule has 0 saturated heterocycles. The number of rotatable bonds is 7. The fourth-order valence-corrected chi connectivity index (χ4v) is 3.07. The van der Waals surface area contributed by atoms with Gasteiger partial charge < -0.3 is 4.57 Å². The predicted octanol–water partition coefficient (Wildman–Crippen LogP) is 3.67. The van der Waals surface area contributed by atoms with Gasteiger partial charge in [-0.2, -0.15) is 12.6 Å². The number of nitrogens with zero attached hydrogens (tertiary/aromatic N) is 1. The topological polar surface area (TPSA) is 22.0 Å². The zero-order valence-corrected chi connectivity index (χ0v) is 12.7. The van der Waals surface area contributed by atoms with Gasteiger partial charge in [0.2, 0.25) is 0 Å². The van der Waals surface area contributed by atoms with Gasteiger partial charge >= 0.3 is 0 Å². The zero-order valence-electron chi connectivity index (χ0n) is 11.8. The van der Waals surface area contributed by atoms with Crippen molar-refractivity contribution in [1.82, 2.24) is 4.57 Å². The molecule has 0 N–H and O–H groups in total. The Kier molecular flexibility index (Phi) is 6.00. The van der Waals surface area contributed by atoms with Gasteiger partial charge in [-0.15, -0.1) is 0 Å². The summed E-state index contributed by atoms with van der Waals surface area (Å²) in [5, 5.41) is 0. The second-order valence-electron chi connectivity index (χ2n) is 5.33. The fourth-order valence-electron chi connectivity index (χ4n) is 2.65. The van der Waals surface area contributed by atoms with Crippen molar-refractivity contribution in [2.24, 2.45) is 5.41 Å². The summed E-state index contributed by atoms with van der Waals surface area (Å²) in [6.07, 6.45) is 6.46. The number of thiol groups is 1. The minimum Gasteiger partial charge on any atom is -0.315 e.